The number of nitrogens with one attached hydrogen (secondary N) is 1. The molecular weight excluding hydrogens is 292 g/mol. The molecule has 1 aliphatic carbocycles. The fourth-order valence-corrected chi connectivity index (χ4v) is 3.17. The van der Waals surface area contributed by atoms with E-state index in [-0.39, 0.29) is 5.60 Å². The van der Waals surface area contributed by atoms with Crippen molar-refractivity contribution in [3.05, 3.63) is 30.9 Å². The van der Waals surface area contributed by atoms with Crippen LogP contribution in [-0.4, -0.2) is 43.1 Å². The monoisotopic (exact) mass is 312 g/mol. The zero-order valence-corrected chi connectivity index (χ0v) is 13.5. The quantitative estimate of drug-likeness (QED) is 0.793. The van der Waals surface area contributed by atoms with E-state index in [1.807, 2.05) is 37.1 Å². The molecule has 0 amide bonds. The minimum atomic E-state index is -0.182. The van der Waals surface area contributed by atoms with Gasteiger partial charge in [-0.1, -0.05) is 0 Å². The van der Waals surface area contributed by atoms with Crippen molar-refractivity contribution in [2.24, 2.45) is 7.05 Å². The van der Waals surface area contributed by atoms with Crippen molar-refractivity contribution < 1.29 is 4.74 Å². The first-order valence-electron chi connectivity index (χ1n) is 7.76. The maximum atomic E-state index is 6.27. The van der Waals surface area contributed by atoms with Crippen LogP contribution in [0.1, 0.15) is 19.8 Å². The molecule has 1 aliphatic rings. The lowest BCUT2D eigenvalue weighted by molar-refractivity contribution is -0.0152. The highest BCUT2D eigenvalue weighted by atomic mass is 16.5. The molecule has 1 N–H and O–H groups in total. The van der Waals surface area contributed by atoms with E-state index in [2.05, 4.69) is 22.4 Å². The Hall–Kier alpha value is -2.41. The minimum absolute atomic E-state index is 0.182. The average molecular weight is 312 g/mol. The SMILES string of the molecule is CN[C@H]1C[C@](C)(Oc2nc(-c3cnn(C)c3)cn3nccc23)C1. The fourth-order valence-electron chi connectivity index (χ4n) is 3.17. The van der Waals surface area contributed by atoms with E-state index in [0.29, 0.717) is 11.9 Å². The van der Waals surface area contributed by atoms with Crippen LogP contribution in [0.5, 0.6) is 5.88 Å². The lowest BCUT2D eigenvalue weighted by Gasteiger charge is -2.44. The third-order valence-electron chi connectivity index (χ3n) is 4.46. The number of aryl methyl sites for hydroxylation is 1. The van der Waals surface area contributed by atoms with Gasteiger partial charge in [-0.25, -0.2) is 9.50 Å². The second-order valence-electron chi connectivity index (χ2n) is 6.44. The number of nitrogens with zero attached hydrogens (tertiary/aromatic N) is 5. The third kappa shape index (κ3) is 2.46. The lowest BCUT2D eigenvalue weighted by Crippen LogP contribution is -2.54. The van der Waals surface area contributed by atoms with Crippen LogP contribution in [0.15, 0.2) is 30.9 Å². The first kappa shape index (κ1) is 14.2. The van der Waals surface area contributed by atoms with Crippen molar-refractivity contribution in [3.63, 3.8) is 0 Å². The first-order chi connectivity index (χ1) is 11.1. The number of rotatable bonds is 4. The highest BCUT2D eigenvalue weighted by Gasteiger charge is 2.42. The van der Waals surface area contributed by atoms with Gasteiger partial charge in [-0.3, -0.25) is 4.68 Å². The summed E-state index contributed by atoms with van der Waals surface area (Å²) < 4.78 is 9.84. The second-order valence-corrected chi connectivity index (χ2v) is 6.44. The maximum absolute atomic E-state index is 6.27. The summed E-state index contributed by atoms with van der Waals surface area (Å²) in [6.07, 6.45) is 9.34. The third-order valence-corrected chi connectivity index (χ3v) is 4.46. The molecule has 0 unspecified atom stereocenters. The van der Waals surface area contributed by atoms with Crippen molar-refractivity contribution in [1.82, 2.24) is 29.7 Å². The summed E-state index contributed by atoms with van der Waals surface area (Å²) in [6, 6.07) is 2.44. The number of aromatic nitrogens is 5. The Kier molecular flexibility index (Phi) is 3.12. The van der Waals surface area contributed by atoms with Crippen LogP contribution in [-0.2, 0) is 7.05 Å². The highest BCUT2D eigenvalue weighted by Crippen LogP contribution is 2.37. The van der Waals surface area contributed by atoms with Gasteiger partial charge < -0.3 is 10.1 Å². The van der Waals surface area contributed by atoms with E-state index >= 15 is 0 Å². The van der Waals surface area contributed by atoms with E-state index in [0.717, 1.165) is 29.6 Å². The topological polar surface area (TPSA) is 69.3 Å². The van der Waals surface area contributed by atoms with Gasteiger partial charge in [0.25, 0.3) is 0 Å². The van der Waals surface area contributed by atoms with Gasteiger partial charge in [0.1, 0.15) is 11.1 Å². The van der Waals surface area contributed by atoms with Gasteiger partial charge in [0.2, 0.25) is 5.88 Å². The van der Waals surface area contributed by atoms with E-state index in [1.165, 1.54) is 0 Å². The minimum Gasteiger partial charge on any atom is -0.470 e. The Morgan fingerprint density at radius 2 is 2.13 bits per heavy atom. The largest absolute Gasteiger partial charge is 0.470 e. The highest BCUT2D eigenvalue weighted by molar-refractivity contribution is 5.63. The summed E-state index contributed by atoms with van der Waals surface area (Å²) >= 11 is 0. The summed E-state index contributed by atoms with van der Waals surface area (Å²) in [5.74, 6) is 0.626. The molecule has 0 atom stereocenters. The molecule has 3 aromatic rings. The molecule has 7 heteroatoms. The molecule has 1 fully saturated rings. The predicted molar refractivity (Wildman–Crippen MR) is 86.3 cm³/mol. The summed E-state index contributed by atoms with van der Waals surface area (Å²) in [5, 5.41) is 11.8. The maximum Gasteiger partial charge on any atom is 0.241 e. The second kappa shape index (κ2) is 5.06. The molecule has 7 nitrogen and oxygen atoms in total. The number of hydrogen-bond acceptors (Lipinski definition) is 5. The summed E-state index contributed by atoms with van der Waals surface area (Å²) in [7, 11) is 3.88. The molecule has 23 heavy (non-hydrogen) atoms. The van der Waals surface area contributed by atoms with E-state index in [4.69, 9.17) is 9.72 Å². The van der Waals surface area contributed by atoms with Crippen LogP contribution in [0, 0.1) is 0 Å². The van der Waals surface area contributed by atoms with Crippen molar-refractivity contribution in [2.75, 3.05) is 7.05 Å². The standard InChI is InChI=1S/C16H20N6O/c1-16(6-12(7-16)17-2)23-15-14-4-5-18-22(14)10-13(20-15)11-8-19-21(3)9-11/h4-5,8-10,12,17H,6-7H2,1-3H3/t12-,16-. The van der Waals surface area contributed by atoms with Gasteiger partial charge >= 0.3 is 0 Å². The molecule has 0 bridgehead atoms. The zero-order chi connectivity index (χ0) is 16.0. The van der Waals surface area contributed by atoms with Crippen molar-refractivity contribution in [2.45, 2.75) is 31.4 Å². The normalized spacial score (nSPS) is 23.9. The number of ether oxygens (including phenoxy) is 1. The van der Waals surface area contributed by atoms with Gasteiger partial charge in [0.05, 0.1) is 24.3 Å². The molecule has 4 rings (SSSR count). The van der Waals surface area contributed by atoms with E-state index < -0.39 is 0 Å². The predicted octanol–water partition coefficient (Wildman–Crippen LogP) is 1.65. The number of fused-ring (bicyclic) bond motifs is 1. The molecule has 3 heterocycles. The fraction of sp³-hybridized carbons (Fsp3) is 0.438. The van der Waals surface area contributed by atoms with Gasteiger partial charge in [-0.05, 0) is 20.0 Å². The molecule has 0 spiro atoms. The molecule has 1 saturated carbocycles. The Labute approximate surface area is 134 Å². The van der Waals surface area contributed by atoms with Crippen molar-refractivity contribution in [3.8, 4) is 17.1 Å². The molecule has 0 aliphatic heterocycles. The lowest BCUT2D eigenvalue weighted by atomic mass is 9.77. The zero-order valence-electron chi connectivity index (χ0n) is 13.5. The van der Waals surface area contributed by atoms with Gasteiger partial charge in [0, 0.05) is 37.7 Å². The van der Waals surface area contributed by atoms with Crippen LogP contribution in [0.25, 0.3) is 16.8 Å². The average Bonchev–Trinajstić information content (AvgIpc) is 3.12. The van der Waals surface area contributed by atoms with Crippen LogP contribution in [0.4, 0.5) is 0 Å². The summed E-state index contributed by atoms with van der Waals surface area (Å²) in [4.78, 5) is 4.72. The summed E-state index contributed by atoms with van der Waals surface area (Å²) in [5.41, 5.74) is 2.45. The Bertz CT molecular complexity index is 845. The van der Waals surface area contributed by atoms with Crippen molar-refractivity contribution >= 4 is 5.52 Å². The van der Waals surface area contributed by atoms with Gasteiger partial charge in [-0.2, -0.15) is 10.2 Å². The van der Waals surface area contributed by atoms with Crippen LogP contribution in [0.2, 0.25) is 0 Å². The van der Waals surface area contributed by atoms with Crippen molar-refractivity contribution in [1.29, 1.82) is 0 Å². The Balaban J connectivity index is 1.72. The van der Waals surface area contributed by atoms with E-state index in [1.54, 1.807) is 17.1 Å². The Morgan fingerprint density at radius 1 is 1.30 bits per heavy atom. The molecule has 3 aromatic heterocycles. The first-order valence-corrected chi connectivity index (χ1v) is 7.76. The number of hydrogen-bond donors (Lipinski definition) is 1. The Morgan fingerprint density at radius 3 is 2.83 bits per heavy atom. The molecule has 120 valence electrons. The van der Waals surface area contributed by atoms with Gasteiger partial charge in [-0.15, -0.1) is 0 Å². The smallest absolute Gasteiger partial charge is 0.241 e. The van der Waals surface area contributed by atoms with Gasteiger partial charge in [0.15, 0.2) is 0 Å². The van der Waals surface area contributed by atoms with E-state index in [9.17, 15) is 0 Å². The molecule has 0 aromatic carbocycles. The summed E-state index contributed by atoms with van der Waals surface area (Å²) in [6.45, 7) is 2.13. The van der Waals surface area contributed by atoms with Crippen LogP contribution in [0.3, 0.4) is 0 Å². The van der Waals surface area contributed by atoms with Crippen LogP contribution >= 0.6 is 0 Å². The van der Waals surface area contributed by atoms with Crippen LogP contribution < -0.4 is 10.1 Å². The molecular formula is C16H20N6O. The molecule has 0 saturated heterocycles. The molecule has 0 radical (unpaired) electrons.